The second kappa shape index (κ2) is 4.53. The topological polar surface area (TPSA) is 44.5 Å². The summed E-state index contributed by atoms with van der Waals surface area (Å²) in [5, 5.41) is 0.727. The minimum absolute atomic E-state index is 0.0185. The largest absolute Gasteiger partial charge is 0.494 e. The van der Waals surface area contributed by atoms with Crippen molar-refractivity contribution in [2.45, 2.75) is 19.6 Å². The highest BCUT2D eigenvalue weighted by Crippen LogP contribution is 2.16. The molecule has 0 saturated carbocycles. The molecule has 0 radical (unpaired) electrons. The minimum Gasteiger partial charge on any atom is -0.406 e. The van der Waals surface area contributed by atoms with Gasteiger partial charge in [-0.3, -0.25) is 0 Å². The highest BCUT2D eigenvalue weighted by molar-refractivity contribution is 6.63. The fourth-order valence-corrected chi connectivity index (χ4v) is 1.76. The fraction of sp³-hybridized carbons (Fsp3) is 0.400. The van der Waals surface area contributed by atoms with Crippen LogP contribution in [0.15, 0.2) is 18.2 Å². The normalized spacial score (nSPS) is 16.6. The van der Waals surface area contributed by atoms with Gasteiger partial charge >= 0.3 is 7.12 Å². The molecule has 0 bridgehead atoms. The first kappa shape index (κ1) is 11.0. The maximum atomic E-state index is 5.88. The van der Waals surface area contributed by atoms with E-state index in [0.717, 1.165) is 16.0 Å². The van der Waals surface area contributed by atoms with Gasteiger partial charge in [0.05, 0.1) is 6.61 Å². The summed E-state index contributed by atoms with van der Waals surface area (Å²) >= 11 is 5.88. The molecule has 0 saturated heterocycles. The zero-order valence-corrected chi connectivity index (χ0v) is 9.33. The molecule has 0 spiro atoms. The summed E-state index contributed by atoms with van der Waals surface area (Å²) in [5.74, 6) is 0. The highest BCUT2D eigenvalue weighted by atomic mass is 35.5. The van der Waals surface area contributed by atoms with E-state index in [-0.39, 0.29) is 13.2 Å². The number of rotatable bonds is 3. The maximum absolute atomic E-state index is 5.88. The molecule has 2 rings (SSSR count). The Bertz CT molecular complexity index is 359. The smallest absolute Gasteiger partial charge is 0.406 e. The van der Waals surface area contributed by atoms with Crippen LogP contribution in [-0.4, -0.2) is 19.8 Å². The van der Waals surface area contributed by atoms with Crippen LogP contribution in [0.3, 0.4) is 0 Å². The number of fused-ring (bicyclic) bond motifs is 1. The van der Waals surface area contributed by atoms with E-state index >= 15 is 0 Å². The molecule has 0 amide bonds. The second-order valence-corrected chi connectivity index (χ2v) is 4.23. The summed E-state index contributed by atoms with van der Waals surface area (Å²) in [6.45, 7) is 2.95. The summed E-state index contributed by atoms with van der Waals surface area (Å²) in [6.07, 6.45) is 0. The summed E-state index contributed by atoms with van der Waals surface area (Å²) in [5.41, 5.74) is 7.76. The second-order valence-electron chi connectivity index (χ2n) is 3.80. The fourth-order valence-electron chi connectivity index (χ4n) is 1.56. The Hall–Kier alpha value is -0.545. The molecule has 2 N–H and O–H groups in total. The molecule has 80 valence electrons. The first-order valence-electron chi connectivity index (χ1n) is 4.94. The van der Waals surface area contributed by atoms with Gasteiger partial charge in [0.1, 0.15) is 0 Å². The van der Waals surface area contributed by atoms with Gasteiger partial charge in [0.25, 0.3) is 0 Å². The van der Waals surface area contributed by atoms with E-state index in [4.69, 9.17) is 26.6 Å². The van der Waals surface area contributed by atoms with Crippen LogP contribution in [0.4, 0.5) is 0 Å². The predicted octanol–water partition coefficient (Wildman–Crippen LogP) is 0.929. The van der Waals surface area contributed by atoms with Crippen LogP contribution in [0.2, 0.25) is 5.02 Å². The molecule has 1 aliphatic heterocycles. The van der Waals surface area contributed by atoms with Gasteiger partial charge in [-0.15, -0.1) is 0 Å². The van der Waals surface area contributed by atoms with Gasteiger partial charge in [0.15, 0.2) is 0 Å². The molecule has 15 heavy (non-hydrogen) atoms. The SMILES string of the molecule is CC(N)COB1OCc2cc(Cl)ccc21. The molecule has 5 heteroatoms. The molecule has 1 heterocycles. The first-order valence-corrected chi connectivity index (χ1v) is 5.31. The van der Waals surface area contributed by atoms with Crippen LogP contribution < -0.4 is 11.2 Å². The zero-order valence-electron chi connectivity index (χ0n) is 8.57. The van der Waals surface area contributed by atoms with Gasteiger partial charge in [0.2, 0.25) is 0 Å². The van der Waals surface area contributed by atoms with Gasteiger partial charge in [-0.2, -0.15) is 0 Å². The van der Waals surface area contributed by atoms with E-state index in [0.29, 0.717) is 13.2 Å². The molecule has 1 aromatic rings. The number of halogens is 1. The van der Waals surface area contributed by atoms with Gasteiger partial charge in [0, 0.05) is 17.7 Å². The molecule has 0 aromatic heterocycles. The van der Waals surface area contributed by atoms with Gasteiger partial charge in [-0.25, -0.2) is 0 Å². The average molecular weight is 225 g/mol. The van der Waals surface area contributed by atoms with Crippen LogP contribution in [0.25, 0.3) is 0 Å². The van der Waals surface area contributed by atoms with Crippen molar-refractivity contribution >= 4 is 24.2 Å². The highest BCUT2D eigenvalue weighted by Gasteiger charge is 2.30. The van der Waals surface area contributed by atoms with Crippen molar-refractivity contribution in [1.29, 1.82) is 0 Å². The van der Waals surface area contributed by atoms with E-state index in [1.165, 1.54) is 0 Å². The lowest BCUT2D eigenvalue weighted by Crippen LogP contribution is -2.36. The van der Waals surface area contributed by atoms with Crippen LogP contribution in [0.1, 0.15) is 12.5 Å². The van der Waals surface area contributed by atoms with E-state index in [1.807, 2.05) is 25.1 Å². The number of hydrogen-bond donors (Lipinski definition) is 1. The summed E-state index contributed by atoms with van der Waals surface area (Å²) in [7, 11) is -0.289. The van der Waals surface area contributed by atoms with Gasteiger partial charge < -0.3 is 15.0 Å². The van der Waals surface area contributed by atoms with E-state index in [9.17, 15) is 0 Å². The van der Waals surface area contributed by atoms with Crippen LogP contribution in [0.5, 0.6) is 0 Å². The molecular formula is C10H13BClNO2. The van der Waals surface area contributed by atoms with Crippen LogP contribution >= 0.6 is 11.6 Å². The standard InChI is InChI=1S/C10H13BClNO2/c1-7(13)5-14-11-10-3-2-9(12)4-8(10)6-15-11/h2-4,7H,5-6,13H2,1H3. The van der Waals surface area contributed by atoms with Crippen LogP contribution in [0, 0.1) is 0 Å². The molecule has 0 fully saturated rings. The average Bonchev–Trinajstić information content (AvgIpc) is 2.57. The molecule has 3 nitrogen and oxygen atoms in total. The van der Waals surface area contributed by atoms with Crippen molar-refractivity contribution in [2.75, 3.05) is 6.61 Å². The van der Waals surface area contributed by atoms with Crippen molar-refractivity contribution < 1.29 is 9.31 Å². The van der Waals surface area contributed by atoms with Crippen molar-refractivity contribution in [3.05, 3.63) is 28.8 Å². The Kier molecular flexibility index (Phi) is 3.31. The Morgan fingerprint density at radius 2 is 2.47 bits per heavy atom. The monoisotopic (exact) mass is 225 g/mol. The Morgan fingerprint density at radius 3 is 3.20 bits per heavy atom. The third-order valence-corrected chi connectivity index (χ3v) is 2.49. The van der Waals surface area contributed by atoms with Crippen molar-refractivity contribution in [3.63, 3.8) is 0 Å². The molecule has 1 unspecified atom stereocenters. The van der Waals surface area contributed by atoms with E-state index in [2.05, 4.69) is 0 Å². The number of nitrogens with two attached hydrogens (primary N) is 1. The molecule has 1 atom stereocenters. The molecular weight excluding hydrogens is 212 g/mol. The van der Waals surface area contributed by atoms with Crippen molar-refractivity contribution in [2.24, 2.45) is 5.73 Å². The van der Waals surface area contributed by atoms with Gasteiger partial charge in [-0.1, -0.05) is 17.7 Å². The molecule has 1 aromatic carbocycles. The first-order chi connectivity index (χ1) is 7.16. The lowest BCUT2D eigenvalue weighted by Gasteiger charge is -2.10. The lowest BCUT2D eigenvalue weighted by molar-refractivity contribution is 0.203. The van der Waals surface area contributed by atoms with Crippen molar-refractivity contribution in [1.82, 2.24) is 0 Å². The third-order valence-electron chi connectivity index (χ3n) is 2.26. The van der Waals surface area contributed by atoms with Crippen LogP contribution in [-0.2, 0) is 15.9 Å². The predicted molar refractivity (Wildman–Crippen MR) is 61.2 cm³/mol. The summed E-state index contributed by atoms with van der Waals surface area (Å²) < 4.78 is 11.0. The lowest BCUT2D eigenvalue weighted by atomic mass is 9.79. The molecule has 1 aliphatic rings. The minimum atomic E-state index is -0.289. The number of hydrogen-bond acceptors (Lipinski definition) is 3. The molecule has 0 aliphatic carbocycles. The maximum Gasteiger partial charge on any atom is 0.494 e. The van der Waals surface area contributed by atoms with Crippen molar-refractivity contribution in [3.8, 4) is 0 Å². The summed E-state index contributed by atoms with van der Waals surface area (Å²) in [6, 6.07) is 5.71. The third kappa shape index (κ3) is 2.52. The Morgan fingerprint density at radius 1 is 1.67 bits per heavy atom. The van der Waals surface area contributed by atoms with Gasteiger partial charge in [-0.05, 0) is 30.1 Å². The zero-order chi connectivity index (χ0) is 10.8. The Balaban J connectivity index is 2.08. The number of benzene rings is 1. The quantitative estimate of drug-likeness (QED) is 0.779. The summed E-state index contributed by atoms with van der Waals surface area (Å²) in [4.78, 5) is 0. The van der Waals surface area contributed by atoms with E-state index in [1.54, 1.807) is 0 Å². The van der Waals surface area contributed by atoms with E-state index < -0.39 is 0 Å². The Labute approximate surface area is 94.6 Å².